The monoisotopic (exact) mass is 504 g/mol. The number of benzene rings is 1. The zero-order chi connectivity index (χ0) is 25.7. The Morgan fingerprint density at radius 2 is 1.92 bits per heavy atom. The van der Waals surface area contributed by atoms with Crippen LogP contribution in [-0.4, -0.2) is 57.6 Å². The fourth-order valence-corrected chi connectivity index (χ4v) is 5.61. The number of piperidine rings is 1. The van der Waals surface area contributed by atoms with Crippen LogP contribution in [0.5, 0.6) is 0 Å². The van der Waals surface area contributed by atoms with E-state index < -0.39 is 29.5 Å². The highest BCUT2D eigenvalue weighted by Gasteiger charge is 2.41. The number of aromatic nitrogens is 3. The van der Waals surface area contributed by atoms with Gasteiger partial charge in [0.2, 0.25) is 0 Å². The number of anilines is 1. The van der Waals surface area contributed by atoms with Crippen molar-refractivity contribution < 1.29 is 22.4 Å². The first-order valence-corrected chi connectivity index (χ1v) is 12.1. The van der Waals surface area contributed by atoms with Crippen LogP contribution in [0.25, 0.3) is 5.65 Å². The lowest BCUT2D eigenvalue weighted by molar-refractivity contribution is -0.140. The van der Waals surface area contributed by atoms with Crippen LogP contribution in [-0.2, 0) is 6.18 Å². The molecule has 11 heteroatoms. The van der Waals surface area contributed by atoms with Crippen LogP contribution in [0.3, 0.4) is 0 Å². The maximum Gasteiger partial charge on any atom is 0.419 e. The smallest absolute Gasteiger partial charge is 0.368 e. The molecule has 1 amide bonds. The highest BCUT2D eigenvalue weighted by Crippen LogP contribution is 2.39. The van der Waals surface area contributed by atoms with Gasteiger partial charge in [-0.1, -0.05) is 12.1 Å². The Morgan fingerprint density at radius 3 is 2.58 bits per heavy atom. The van der Waals surface area contributed by atoms with Crippen molar-refractivity contribution in [3.05, 3.63) is 59.3 Å². The van der Waals surface area contributed by atoms with E-state index in [0.717, 1.165) is 44.2 Å². The Bertz CT molecular complexity index is 1280. The molecule has 0 saturated carbocycles. The van der Waals surface area contributed by atoms with E-state index in [9.17, 15) is 22.4 Å². The van der Waals surface area contributed by atoms with Gasteiger partial charge >= 0.3 is 6.18 Å². The van der Waals surface area contributed by atoms with Crippen molar-refractivity contribution in [2.75, 3.05) is 31.6 Å². The quantitative estimate of drug-likeness (QED) is 0.532. The number of fused-ring (bicyclic) bond motifs is 1. The lowest BCUT2D eigenvalue weighted by atomic mass is 9.85. The second-order valence-corrected chi connectivity index (χ2v) is 9.81. The van der Waals surface area contributed by atoms with E-state index >= 15 is 0 Å². The number of alkyl halides is 3. The summed E-state index contributed by atoms with van der Waals surface area (Å²) < 4.78 is 55.6. The van der Waals surface area contributed by atoms with E-state index in [-0.39, 0.29) is 16.7 Å². The number of nitrogens with one attached hydrogen (secondary N) is 1. The van der Waals surface area contributed by atoms with Crippen molar-refractivity contribution in [3.8, 4) is 0 Å². The van der Waals surface area contributed by atoms with Gasteiger partial charge in [-0.3, -0.25) is 9.20 Å². The zero-order valence-corrected chi connectivity index (χ0v) is 20.1. The molecule has 1 spiro atoms. The van der Waals surface area contributed by atoms with Gasteiger partial charge in [-0.15, -0.1) is 10.2 Å². The number of halogens is 4. The Labute approximate surface area is 206 Å². The van der Waals surface area contributed by atoms with Crippen LogP contribution in [0.4, 0.5) is 23.2 Å². The summed E-state index contributed by atoms with van der Waals surface area (Å²) in [5.74, 6) is -1.91. The van der Waals surface area contributed by atoms with Crippen molar-refractivity contribution in [1.29, 1.82) is 0 Å². The lowest BCUT2D eigenvalue weighted by Gasteiger charge is -2.44. The molecule has 0 aliphatic carbocycles. The number of carbonyl (C=O) groups is 1. The molecule has 4 heterocycles. The molecular formula is C25H28F4N6O. The number of nitrogens with zero attached hydrogens (tertiary/aromatic N) is 5. The summed E-state index contributed by atoms with van der Waals surface area (Å²) in [6, 6.07) is 3.81. The van der Waals surface area contributed by atoms with Crippen molar-refractivity contribution >= 4 is 17.2 Å². The second-order valence-electron chi connectivity index (χ2n) is 9.81. The highest BCUT2D eigenvalue weighted by atomic mass is 19.4. The van der Waals surface area contributed by atoms with Crippen LogP contribution in [0.2, 0.25) is 0 Å². The summed E-state index contributed by atoms with van der Waals surface area (Å²) in [5.41, 5.74) is 0.318. The Hall–Kier alpha value is -3.21. The molecule has 5 rings (SSSR count). The van der Waals surface area contributed by atoms with E-state index in [1.54, 1.807) is 16.7 Å². The first kappa shape index (κ1) is 24.5. The van der Waals surface area contributed by atoms with Crippen molar-refractivity contribution in [2.24, 2.45) is 0 Å². The Balaban J connectivity index is 1.38. The predicted octanol–water partition coefficient (Wildman–Crippen LogP) is 4.44. The van der Waals surface area contributed by atoms with Crippen LogP contribution >= 0.6 is 0 Å². The molecule has 0 radical (unpaired) electrons. The van der Waals surface area contributed by atoms with E-state index in [1.165, 1.54) is 32.2 Å². The molecule has 1 N–H and O–H groups in total. The zero-order valence-electron chi connectivity index (χ0n) is 20.1. The van der Waals surface area contributed by atoms with Crippen molar-refractivity contribution in [3.63, 3.8) is 0 Å². The molecule has 36 heavy (non-hydrogen) atoms. The van der Waals surface area contributed by atoms with E-state index in [1.807, 2.05) is 0 Å². The molecular weight excluding hydrogens is 476 g/mol. The van der Waals surface area contributed by atoms with E-state index in [4.69, 9.17) is 0 Å². The van der Waals surface area contributed by atoms with Gasteiger partial charge in [0.25, 0.3) is 5.91 Å². The number of pyridine rings is 1. The fourth-order valence-electron chi connectivity index (χ4n) is 5.61. The average Bonchev–Trinajstić information content (AvgIpc) is 3.45. The molecule has 0 unspecified atom stereocenters. The summed E-state index contributed by atoms with van der Waals surface area (Å²) in [7, 11) is 2.18. The SMILES string of the molecule is C[C@@H](NC(=O)c1cc(N2CCC3(CCCN3C)CC2)c2nncn2c1)c1cccc(C(F)(F)F)c1F. The van der Waals surface area contributed by atoms with Crippen molar-refractivity contribution in [1.82, 2.24) is 24.8 Å². The summed E-state index contributed by atoms with van der Waals surface area (Å²) in [5, 5.41) is 10.8. The third kappa shape index (κ3) is 4.29. The molecule has 3 aromatic rings. The van der Waals surface area contributed by atoms with Gasteiger partial charge in [-0.25, -0.2) is 4.39 Å². The molecule has 2 aliphatic rings. The van der Waals surface area contributed by atoms with Crippen molar-refractivity contribution in [2.45, 2.75) is 50.4 Å². The third-order valence-electron chi connectivity index (χ3n) is 7.76. The molecule has 2 aromatic heterocycles. The number of hydrogen-bond donors (Lipinski definition) is 1. The van der Waals surface area contributed by atoms with Gasteiger partial charge in [0.15, 0.2) is 5.65 Å². The first-order valence-electron chi connectivity index (χ1n) is 12.1. The minimum absolute atomic E-state index is 0.222. The average molecular weight is 505 g/mol. The molecule has 0 bridgehead atoms. The van der Waals surface area contributed by atoms with Crippen LogP contribution < -0.4 is 10.2 Å². The van der Waals surface area contributed by atoms with Gasteiger partial charge in [-0.2, -0.15) is 13.2 Å². The summed E-state index contributed by atoms with van der Waals surface area (Å²) in [6.07, 6.45) is 2.65. The summed E-state index contributed by atoms with van der Waals surface area (Å²) >= 11 is 0. The molecule has 2 saturated heterocycles. The predicted molar refractivity (Wildman–Crippen MR) is 126 cm³/mol. The minimum Gasteiger partial charge on any atom is -0.368 e. The number of likely N-dealkylation sites (tertiary alicyclic amines) is 1. The number of amides is 1. The molecule has 2 aliphatic heterocycles. The van der Waals surface area contributed by atoms with Gasteiger partial charge in [0, 0.05) is 30.4 Å². The molecule has 2 fully saturated rings. The third-order valence-corrected chi connectivity index (χ3v) is 7.76. The summed E-state index contributed by atoms with van der Waals surface area (Å²) in [4.78, 5) is 17.8. The maximum absolute atomic E-state index is 14.6. The molecule has 1 atom stereocenters. The molecule has 1 aromatic carbocycles. The standard InChI is InChI=1S/C25H28F4N6O/c1-16(18-5-3-6-19(21(18)26)25(27,28)29)31-23(36)17-13-20(22-32-30-15-35(22)14-17)34-11-8-24(9-12-34)7-4-10-33(24)2/h3,5-6,13-16H,4,7-12H2,1-2H3,(H,31,36)/t16-/m1/s1. The molecule has 192 valence electrons. The number of hydrogen-bond acceptors (Lipinski definition) is 5. The van der Waals surface area contributed by atoms with Gasteiger partial charge < -0.3 is 15.1 Å². The van der Waals surface area contributed by atoms with E-state index in [2.05, 4.69) is 32.4 Å². The first-order chi connectivity index (χ1) is 17.1. The van der Waals surface area contributed by atoms with Gasteiger partial charge in [0.05, 0.1) is 22.9 Å². The lowest BCUT2D eigenvalue weighted by Crippen LogP contribution is -2.50. The Morgan fingerprint density at radius 1 is 1.17 bits per heavy atom. The van der Waals surface area contributed by atoms with E-state index in [0.29, 0.717) is 11.7 Å². The van der Waals surface area contributed by atoms with Gasteiger partial charge in [-0.05, 0) is 58.3 Å². The minimum atomic E-state index is -4.82. The normalized spacial score (nSPS) is 19.2. The van der Waals surface area contributed by atoms with Crippen LogP contribution in [0.1, 0.15) is 60.1 Å². The number of carbonyl (C=O) groups excluding carboxylic acids is 1. The second kappa shape index (κ2) is 9.02. The van der Waals surface area contributed by atoms with Crippen LogP contribution in [0, 0.1) is 5.82 Å². The Kier molecular flexibility index (Phi) is 6.14. The highest BCUT2D eigenvalue weighted by molar-refractivity contribution is 5.96. The molecule has 7 nitrogen and oxygen atoms in total. The van der Waals surface area contributed by atoms with Crippen LogP contribution in [0.15, 0.2) is 36.8 Å². The van der Waals surface area contributed by atoms with Gasteiger partial charge in [0.1, 0.15) is 12.1 Å². The number of rotatable bonds is 4. The topological polar surface area (TPSA) is 65.8 Å². The maximum atomic E-state index is 14.6. The fraction of sp³-hybridized carbons (Fsp3) is 0.480. The summed E-state index contributed by atoms with van der Waals surface area (Å²) in [6.45, 7) is 4.18. The largest absolute Gasteiger partial charge is 0.419 e.